The molecule has 3 unspecified atom stereocenters. The Kier molecular flexibility index (Phi) is 6.36. The first-order valence-electron chi connectivity index (χ1n) is 13.6. The van der Waals surface area contributed by atoms with Crippen LogP contribution in [0, 0.1) is 5.41 Å². The fourth-order valence-corrected chi connectivity index (χ4v) is 6.39. The third-order valence-electron chi connectivity index (χ3n) is 7.98. The van der Waals surface area contributed by atoms with Gasteiger partial charge < -0.3 is 30.5 Å². The maximum absolute atomic E-state index is 6.13. The number of fused-ring (bicyclic) bond motifs is 3. The van der Waals surface area contributed by atoms with Crippen LogP contribution in [0.1, 0.15) is 38.2 Å². The van der Waals surface area contributed by atoms with E-state index >= 15 is 0 Å². The van der Waals surface area contributed by atoms with Crippen LogP contribution in [0.2, 0.25) is 0 Å². The highest BCUT2D eigenvalue weighted by molar-refractivity contribution is 5.70. The number of hydrogen-bond donors (Lipinski definition) is 2. The third-order valence-corrected chi connectivity index (χ3v) is 7.98. The van der Waals surface area contributed by atoms with E-state index in [1.54, 1.807) is 0 Å². The Morgan fingerprint density at radius 2 is 1.89 bits per heavy atom. The van der Waals surface area contributed by atoms with Gasteiger partial charge in [-0.05, 0) is 70.3 Å². The van der Waals surface area contributed by atoms with Crippen molar-refractivity contribution in [2.45, 2.75) is 44.8 Å². The molecular formula is C29H38N8O. The number of benzene rings is 1. The van der Waals surface area contributed by atoms with Crippen molar-refractivity contribution in [1.82, 2.24) is 19.9 Å². The van der Waals surface area contributed by atoms with Gasteiger partial charge in [-0.2, -0.15) is 4.98 Å². The van der Waals surface area contributed by atoms with Crippen LogP contribution in [0.15, 0.2) is 48.7 Å². The molecule has 3 aliphatic heterocycles. The molecule has 6 rings (SSSR count). The maximum Gasteiger partial charge on any atom is 0.229 e. The van der Waals surface area contributed by atoms with Crippen molar-refractivity contribution in [3.05, 3.63) is 54.2 Å². The molecule has 200 valence electrons. The highest BCUT2D eigenvalue weighted by atomic mass is 16.5. The van der Waals surface area contributed by atoms with Gasteiger partial charge in [0, 0.05) is 60.1 Å². The minimum Gasteiger partial charge on any atom is -0.384 e. The van der Waals surface area contributed by atoms with Crippen molar-refractivity contribution in [3.63, 3.8) is 0 Å². The lowest BCUT2D eigenvalue weighted by Crippen LogP contribution is -2.58. The number of hydrogen-bond acceptors (Lipinski definition) is 9. The van der Waals surface area contributed by atoms with Gasteiger partial charge in [0.15, 0.2) is 0 Å². The second kappa shape index (κ2) is 9.71. The SMILES string of the molecule is CC1CCC2C(CO1)c1cnc(Nc3ccc(N4CC(C)(CN(C)C)C4)cc3)nc1N2c1cccc(N)n1. The Balaban J connectivity index is 1.22. The van der Waals surface area contributed by atoms with Gasteiger partial charge in [-0.15, -0.1) is 0 Å². The number of ether oxygens (including phenoxy) is 1. The smallest absolute Gasteiger partial charge is 0.229 e. The van der Waals surface area contributed by atoms with Gasteiger partial charge >= 0.3 is 0 Å². The van der Waals surface area contributed by atoms with Crippen molar-refractivity contribution >= 4 is 34.8 Å². The molecule has 0 saturated carbocycles. The summed E-state index contributed by atoms with van der Waals surface area (Å²) in [6.45, 7) is 8.41. The molecule has 2 fully saturated rings. The predicted molar refractivity (Wildman–Crippen MR) is 153 cm³/mol. The lowest BCUT2D eigenvalue weighted by atomic mass is 9.81. The van der Waals surface area contributed by atoms with E-state index in [1.165, 1.54) is 5.69 Å². The molecule has 0 aliphatic carbocycles. The lowest BCUT2D eigenvalue weighted by molar-refractivity contribution is 0.0649. The molecule has 0 spiro atoms. The molecule has 0 bridgehead atoms. The van der Waals surface area contributed by atoms with Crippen molar-refractivity contribution in [3.8, 4) is 0 Å². The van der Waals surface area contributed by atoms with Crippen LogP contribution in [-0.4, -0.2) is 72.3 Å². The molecule has 1 aromatic carbocycles. The minimum atomic E-state index is 0.196. The number of nitrogens with zero attached hydrogens (tertiary/aromatic N) is 6. The summed E-state index contributed by atoms with van der Waals surface area (Å²) in [4.78, 5) is 21.3. The number of nitrogen functional groups attached to an aromatic ring is 1. The Bertz CT molecular complexity index is 1290. The van der Waals surface area contributed by atoms with Gasteiger partial charge in [-0.25, -0.2) is 9.97 Å². The second-order valence-electron chi connectivity index (χ2n) is 11.7. The highest BCUT2D eigenvalue weighted by Gasteiger charge is 2.43. The molecule has 0 amide bonds. The van der Waals surface area contributed by atoms with Crippen LogP contribution >= 0.6 is 0 Å². The zero-order valence-corrected chi connectivity index (χ0v) is 22.8. The summed E-state index contributed by atoms with van der Waals surface area (Å²) in [6, 6.07) is 14.5. The van der Waals surface area contributed by atoms with E-state index < -0.39 is 0 Å². The van der Waals surface area contributed by atoms with E-state index in [0.29, 0.717) is 23.8 Å². The van der Waals surface area contributed by atoms with Gasteiger partial charge in [0.25, 0.3) is 0 Å². The summed E-state index contributed by atoms with van der Waals surface area (Å²) in [6.07, 6.45) is 4.17. The number of nitrogens with two attached hydrogens (primary N) is 1. The Hall–Kier alpha value is -3.43. The van der Waals surface area contributed by atoms with Crippen LogP contribution in [0.5, 0.6) is 0 Å². The van der Waals surface area contributed by atoms with Gasteiger partial charge in [-0.1, -0.05) is 13.0 Å². The topological polar surface area (TPSA) is 95.7 Å². The van der Waals surface area contributed by atoms with Crippen molar-refractivity contribution in [2.24, 2.45) is 5.41 Å². The molecule has 3 atom stereocenters. The molecular weight excluding hydrogens is 476 g/mol. The van der Waals surface area contributed by atoms with Gasteiger partial charge in [-0.3, -0.25) is 0 Å². The van der Waals surface area contributed by atoms with Crippen LogP contribution in [0.25, 0.3) is 0 Å². The molecule has 0 radical (unpaired) electrons. The number of aromatic nitrogens is 3. The van der Waals surface area contributed by atoms with Gasteiger partial charge in [0.2, 0.25) is 5.95 Å². The predicted octanol–water partition coefficient (Wildman–Crippen LogP) is 4.39. The fourth-order valence-electron chi connectivity index (χ4n) is 6.39. The maximum atomic E-state index is 6.13. The quantitative estimate of drug-likeness (QED) is 0.497. The van der Waals surface area contributed by atoms with E-state index in [2.05, 4.69) is 77.2 Å². The van der Waals surface area contributed by atoms with Crippen LogP contribution in [-0.2, 0) is 4.74 Å². The van der Waals surface area contributed by atoms with Crippen LogP contribution in [0.4, 0.5) is 34.8 Å². The summed E-state index contributed by atoms with van der Waals surface area (Å²) in [5, 5.41) is 3.41. The second-order valence-corrected chi connectivity index (χ2v) is 11.7. The third kappa shape index (κ3) is 4.76. The molecule has 9 nitrogen and oxygen atoms in total. The summed E-state index contributed by atoms with van der Waals surface area (Å²) in [7, 11) is 4.29. The summed E-state index contributed by atoms with van der Waals surface area (Å²) in [5.74, 6) is 2.96. The Labute approximate surface area is 225 Å². The van der Waals surface area contributed by atoms with Crippen LogP contribution in [0.3, 0.4) is 0 Å². The monoisotopic (exact) mass is 514 g/mol. The average Bonchev–Trinajstić information content (AvgIpc) is 3.04. The minimum absolute atomic E-state index is 0.196. The van der Waals surface area contributed by atoms with Gasteiger partial charge in [0.05, 0.1) is 12.7 Å². The number of anilines is 6. The largest absolute Gasteiger partial charge is 0.384 e. The van der Waals surface area contributed by atoms with E-state index in [-0.39, 0.29) is 18.1 Å². The lowest BCUT2D eigenvalue weighted by Gasteiger charge is -2.50. The molecule has 3 N–H and O–H groups in total. The molecule has 38 heavy (non-hydrogen) atoms. The van der Waals surface area contributed by atoms with Gasteiger partial charge in [0.1, 0.15) is 17.5 Å². The zero-order chi connectivity index (χ0) is 26.4. The Morgan fingerprint density at radius 3 is 2.63 bits per heavy atom. The molecule has 2 aromatic heterocycles. The standard InChI is InChI=1S/C29H38N8O/c1-19-8-13-24-23(15-38-19)22-14-31-28(34-27(22)37(24)26-7-5-6-25(30)33-26)32-20-9-11-21(12-10-20)36-17-29(2,18-36)16-35(3)4/h5-7,9-12,14,19,23-24H,8,13,15-18H2,1-4H3,(H2,30,33)(H,31,32,34). The normalized spacial score (nSPS) is 24.0. The first-order valence-corrected chi connectivity index (χ1v) is 13.6. The number of pyridine rings is 1. The van der Waals surface area contributed by atoms with Crippen LogP contribution < -0.4 is 20.9 Å². The zero-order valence-electron chi connectivity index (χ0n) is 22.8. The highest BCUT2D eigenvalue weighted by Crippen LogP contribution is 2.47. The van der Waals surface area contributed by atoms with E-state index in [4.69, 9.17) is 20.4 Å². The van der Waals surface area contributed by atoms with Crippen molar-refractivity contribution in [2.75, 3.05) is 61.2 Å². The molecule has 5 heterocycles. The first kappa shape index (κ1) is 24.9. The van der Waals surface area contributed by atoms with E-state index in [9.17, 15) is 0 Å². The summed E-state index contributed by atoms with van der Waals surface area (Å²) in [5.41, 5.74) is 9.73. The summed E-state index contributed by atoms with van der Waals surface area (Å²) < 4.78 is 6.13. The van der Waals surface area contributed by atoms with E-state index in [1.807, 2.05) is 24.4 Å². The molecule has 9 heteroatoms. The van der Waals surface area contributed by atoms with E-state index in [0.717, 1.165) is 55.4 Å². The van der Waals surface area contributed by atoms with Crippen molar-refractivity contribution in [1.29, 1.82) is 0 Å². The fraction of sp³-hybridized carbons (Fsp3) is 0.483. The molecule has 3 aliphatic rings. The number of rotatable bonds is 6. The molecule has 2 saturated heterocycles. The van der Waals surface area contributed by atoms with Crippen molar-refractivity contribution < 1.29 is 4.74 Å². The Morgan fingerprint density at radius 1 is 1.11 bits per heavy atom. The number of nitrogens with one attached hydrogen (secondary N) is 1. The first-order chi connectivity index (χ1) is 18.3. The molecule has 3 aromatic rings. The summed E-state index contributed by atoms with van der Waals surface area (Å²) >= 11 is 0. The average molecular weight is 515 g/mol.